The van der Waals surface area contributed by atoms with E-state index in [2.05, 4.69) is 10.3 Å². The van der Waals surface area contributed by atoms with Gasteiger partial charge < -0.3 is 14.8 Å². The van der Waals surface area contributed by atoms with Crippen LogP contribution in [-0.4, -0.2) is 37.9 Å². The first-order valence-corrected chi connectivity index (χ1v) is 9.47. The molecular formula is C20H19ClN2O3S. The summed E-state index contributed by atoms with van der Waals surface area (Å²) in [6.45, 7) is 0.252. The number of methoxy groups -OCH3 is 2. The molecule has 0 spiro atoms. The molecule has 0 radical (unpaired) electrons. The Morgan fingerprint density at radius 2 is 1.85 bits per heavy atom. The number of pyridine rings is 1. The smallest absolute Gasteiger partial charge is 0.252 e. The third-order valence-electron chi connectivity index (χ3n) is 3.93. The van der Waals surface area contributed by atoms with Crippen LogP contribution in [0.2, 0.25) is 5.02 Å². The van der Waals surface area contributed by atoms with Crippen LogP contribution in [0.4, 0.5) is 0 Å². The predicted molar refractivity (Wildman–Crippen MR) is 107 cm³/mol. The maximum Gasteiger partial charge on any atom is 0.252 e. The summed E-state index contributed by atoms with van der Waals surface area (Å²) >= 11 is 7.42. The first kappa shape index (κ1) is 19.6. The summed E-state index contributed by atoms with van der Waals surface area (Å²) in [4.78, 5) is 18.4. The van der Waals surface area contributed by atoms with E-state index in [4.69, 9.17) is 21.1 Å². The van der Waals surface area contributed by atoms with Crippen LogP contribution in [0.3, 0.4) is 0 Å². The van der Waals surface area contributed by atoms with Crippen LogP contribution in [0.1, 0.15) is 10.4 Å². The van der Waals surface area contributed by atoms with Crippen LogP contribution in [0, 0.1) is 0 Å². The van der Waals surface area contributed by atoms with E-state index < -0.39 is 6.29 Å². The van der Waals surface area contributed by atoms with Crippen molar-refractivity contribution >= 4 is 40.2 Å². The fraction of sp³-hybridized carbons (Fsp3) is 0.200. The number of aromatic nitrogens is 1. The highest BCUT2D eigenvalue weighted by Gasteiger charge is 2.15. The molecule has 1 amide bonds. The number of benzene rings is 2. The number of halogens is 1. The second-order valence-electron chi connectivity index (χ2n) is 5.69. The van der Waals surface area contributed by atoms with Crippen molar-refractivity contribution in [2.24, 2.45) is 0 Å². The lowest BCUT2D eigenvalue weighted by Crippen LogP contribution is -2.34. The van der Waals surface area contributed by atoms with Gasteiger partial charge in [-0.05, 0) is 36.4 Å². The molecule has 0 saturated carbocycles. The van der Waals surface area contributed by atoms with Gasteiger partial charge in [0.15, 0.2) is 6.29 Å². The number of para-hydroxylation sites is 1. The molecule has 0 unspecified atom stereocenters. The van der Waals surface area contributed by atoms with E-state index in [1.807, 2.05) is 48.5 Å². The Bertz CT molecular complexity index is 930. The number of amides is 1. The molecule has 0 aliphatic heterocycles. The Labute approximate surface area is 167 Å². The molecule has 0 aliphatic rings. The van der Waals surface area contributed by atoms with Gasteiger partial charge in [0.05, 0.1) is 17.6 Å². The number of carbonyl (C=O) groups excluding carboxylic acids is 1. The molecule has 5 nitrogen and oxygen atoms in total. The minimum absolute atomic E-state index is 0.203. The molecule has 1 heterocycles. The van der Waals surface area contributed by atoms with Crippen molar-refractivity contribution in [2.75, 3.05) is 20.8 Å². The number of nitrogens with one attached hydrogen (secondary N) is 1. The molecular weight excluding hydrogens is 384 g/mol. The van der Waals surface area contributed by atoms with Crippen molar-refractivity contribution in [3.8, 4) is 0 Å². The third kappa shape index (κ3) is 4.99. The largest absolute Gasteiger partial charge is 0.354 e. The SMILES string of the molecule is COC(CNC(=O)c1cc(Sc2ccc(Cl)cc2)nc2ccccc12)OC. The Hall–Kier alpha value is -2.12. The number of ether oxygens (including phenoxy) is 2. The zero-order valence-electron chi connectivity index (χ0n) is 14.9. The van der Waals surface area contributed by atoms with E-state index in [1.54, 1.807) is 6.07 Å². The lowest BCUT2D eigenvalue weighted by molar-refractivity contribution is -0.0974. The third-order valence-corrected chi connectivity index (χ3v) is 5.11. The number of fused-ring (bicyclic) bond motifs is 1. The summed E-state index contributed by atoms with van der Waals surface area (Å²) in [6, 6.07) is 16.9. The molecule has 1 N–H and O–H groups in total. The molecule has 140 valence electrons. The van der Waals surface area contributed by atoms with Gasteiger partial charge in [0.1, 0.15) is 5.03 Å². The molecule has 0 bridgehead atoms. The van der Waals surface area contributed by atoms with Gasteiger partial charge in [0, 0.05) is 29.5 Å². The zero-order valence-corrected chi connectivity index (χ0v) is 16.5. The van der Waals surface area contributed by atoms with Gasteiger partial charge in [-0.15, -0.1) is 0 Å². The summed E-state index contributed by atoms with van der Waals surface area (Å²) in [5, 5.41) is 5.05. The second-order valence-corrected chi connectivity index (χ2v) is 7.22. The number of rotatable bonds is 7. The van der Waals surface area contributed by atoms with Crippen molar-refractivity contribution in [2.45, 2.75) is 16.2 Å². The average Bonchev–Trinajstić information content (AvgIpc) is 2.69. The Morgan fingerprint density at radius 1 is 1.15 bits per heavy atom. The molecule has 3 rings (SSSR count). The van der Waals surface area contributed by atoms with Gasteiger partial charge in [0.2, 0.25) is 0 Å². The van der Waals surface area contributed by atoms with Crippen LogP contribution in [-0.2, 0) is 9.47 Å². The zero-order chi connectivity index (χ0) is 19.2. The fourth-order valence-electron chi connectivity index (χ4n) is 2.55. The van der Waals surface area contributed by atoms with E-state index in [9.17, 15) is 4.79 Å². The Balaban J connectivity index is 1.90. The fourth-order valence-corrected chi connectivity index (χ4v) is 3.51. The first-order valence-electron chi connectivity index (χ1n) is 8.27. The Morgan fingerprint density at radius 3 is 2.56 bits per heavy atom. The number of nitrogens with zero attached hydrogens (tertiary/aromatic N) is 1. The maximum atomic E-state index is 12.8. The summed E-state index contributed by atoms with van der Waals surface area (Å²) < 4.78 is 10.2. The van der Waals surface area contributed by atoms with E-state index in [1.165, 1.54) is 26.0 Å². The van der Waals surface area contributed by atoms with E-state index in [0.29, 0.717) is 10.6 Å². The topological polar surface area (TPSA) is 60.5 Å². The molecule has 1 aromatic heterocycles. The van der Waals surface area contributed by atoms with Gasteiger partial charge in [-0.2, -0.15) is 0 Å². The lowest BCUT2D eigenvalue weighted by Gasteiger charge is -2.15. The van der Waals surface area contributed by atoms with Gasteiger partial charge in [-0.25, -0.2) is 4.98 Å². The second kappa shape index (κ2) is 9.19. The molecule has 0 aliphatic carbocycles. The molecule has 0 saturated heterocycles. The number of hydrogen-bond acceptors (Lipinski definition) is 5. The first-order chi connectivity index (χ1) is 13.1. The molecule has 2 aromatic carbocycles. The monoisotopic (exact) mass is 402 g/mol. The minimum atomic E-state index is -0.495. The summed E-state index contributed by atoms with van der Waals surface area (Å²) in [6.07, 6.45) is -0.495. The van der Waals surface area contributed by atoms with Crippen LogP contribution in [0.15, 0.2) is 64.5 Å². The van der Waals surface area contributed by atoms with Crippen LogP contribution < -0.4 is 5.32 Å². The normalized spacial score (nSPS) is 11.1. The summed E-state index contributed by atoms with van der Waals surface area (Å²) in [5.41, 5.74) is 1.32. The van der Waals surface area contributed by atoms with Crippen LogP contribution >= 0.6 is 23.4 Å². The van der Waals surface area contributed by atoms with Gasteiger partial charge >= 0.3 is 0 Å². The molecule has 7 heteroatoms. The molecule has 0 fully saturated rings. The van der Waals surface area contributed by atoms with Crippen molar-refractivity contribution in [3.63, 3.8) is 0 Å². The molecule has 0 atom stereocenters. The van der Waals surface area contributed by atoms with Gasteiger partial charge in [-0.1, -0.05) is 41.6 Å². The highest BCUT2D eigenvalue weighted by atomic mass is 35.5. The van der Waals surface area contributed by atoms with E-state index >= 15 is 0 Å². The summed E-state index contributed by atoms with van der Waals surface area (Å²) in [7, 11) is 3.06. The van der Waals surface area contributed by atoms with Crippen molar-refractivity contribution in [1.82, 2.24) is 10.3 Å². The van der Waals surface area contributed by atoms with E-state index in [0.717, 1.165) is 20.8 Å². The Kier molecular flexibility index (Phi) is 6.68. The molecule has 27 heavy (non-hydrogen) atoms. The van der Waals surface area contributed by atoms with Gasteiger partial charge in [-0.3, -0.25) is 4.79 Å². The maximum absolute atomic E-state index is 12.8. The van der Waals surface area contributed by atoms with Crippen LogP contribution in [0.25, 0.3) is 10.9 Å². The number of hydrogen-bond donors (Lipinski definition) is 1. The van der Waals surface area contributed by atoms with Crippen LogP contribution in [0.5, 0.6) is 0 Å². The lowest BCUT2D eigenvalue weighted by atomic mass is 10.1. The van der Waals surface area contributed by atoms with Gasteiger partial charge in [0.25, 0.3) is 5.91 Å². The summed E-state index contributed by atoms with van der Waals surface area (Å²) in [5.74, 6) is -0.203. The number of carbonyl (C=O) groups is 1. The van der Waals surface area contributed by atoms with E-state index in [-0.39, 0.29) is 12.5 Å². The quantitative estimate of drug-likeness (QED) is 0.594. The average molecular weight is 403 g/mol. The standard InChI is InChI=1S/C20H19ClN2O3S/c1-25-19(26-2)12-22-20(24)16-11-18(23-17-6-4-3-5-15(16)17)27-14-9-7-13(21)8-10-14/h3-11,19H,12H2,1-2H3,(H,22,24). The van der Waals surface area contributed by atoms with Crippen molar-refractivity contribution < 1.29 is 14.3 Å². The molecule has 3 aromatic rings. The highest BCUT2D eigenvalue weighted by molar-refractivity contribution is 7.99. The highest BCUT2D eigenvalue weighted by Crippen LogP contribution is 2.30. The minimum Gasteiger partial charge on any atom is -0.354 e. The van der Waals surface area contributed by atoms with Crippen molar-refractivity contribution in [1.29, 1.82) is 0 Å². The van der Waals surface area contributed by atoms with Crippen molar-refractivity contribution in [3.05, 3.63) is 65.2 Å². The predicted octanol–water partition coefficient (Wildman–Crippen LogP) is 4.39.